The van der Waals surface area contributed by atoms with Crippen LogP contribution in [-0.2, 0) is 10.1 Å². The minimum absolute atomic E-state index is 0.0300. The molecule has 0 N–H and O–H groups in total. The van der Waals surface area contributed by atoms with Gasteiger partial charge in [0.15, 0.2) is 0 Å². The van der Waals surface area contributed by atoms with Gasteiger partial charge in [-0.2, -0.15) is 13.7 Å². The van der Waals surface area contributed by atoms with Crippen LogP contribution in [0, 0.1) is 11.3 Å². The minimum Gasteiger partial charge on any atom is -0.379 e. The van der Waals surface area contributed by atoms with Gasteiger partial charge in [0.1, 0.15) is 10.6 Å². The standard InChI is InChI=1S/C17H17NO3S/c1-3-13(2)15-7-9-16(10-8-15)21-22(19,20)17-6-4-5-14(11-17)12-18/h4-11,13H,3H2,1-2H3/t13-/m1/s1. The van der Waals surface area contributed by atoms with Crippen molar-refractivity contribution in [1.29, 1.82) is 5.26 Å². The molecule has 0 fully saturated rings. The summed E-state index contributed by atoms with van der Waals surface area (Å²) in [6, 6.07) is 14.7. The molecule has 0 aliphatic heterocycles. The predicted octanol–water partition coefficient (Wildman–Crippen LogP) is 3.84. The SMILES string of the molecule is CC[C@@H](C)c1ccc(OS(=O)(=O)c2cccc(C#N)c2)cc1. The Kier molecular flexibility index (Phi) is 4.84. The zero-order valence-corrected chi connectivity index (χ0v) is 13.3. The van der Waals surface area contributed by atoms with Crippen LogP contribution in [0.2, 0.25) is 0 Å². The van der Waals surface area contributed by atoms with Gasteiger partial charge in [0.05, 0.1) is 11.6 Å². The molecule has 0 saturated heterocycles. The highest BCUT2D eigenvalue weighted by molar-refractivity contribution is 7.87. The number of rotatable bonds is 5. The molecule has 2 rings (SSSR count). The molecule has 114 valence electrons. The van der Waals surface area contributed by atoms with Crippen molar-refractivity contribution in [1.82, 2.24) is 0 Å². The highest BCUT2D eigenvalue weighted by Gasteiger charge is 2.17. The van der Waals surface area contributed by atoms with Crippen molar-refractivity contribution in [3.8, 4) is 11.8 Å². The maximum atomic E-state index is 12.2. The van der Waals surface area contributed by atoms with E-state index < -0.39 is 10.1 Å². The van der Waals surface area contributed by atoms with Gasteiger partial charge in [-0.1, -0.05) is 32.0 Å². The third-order valence-electron chi connectivity index (χ3n) is 3.52. The molecule has 4 nitrogen and oxygen atoms in total. The molecule has 1 atom stereocenters. The first-order chi connectivity index (χ1) is 10.5. The quantitative estimate of drug-likeness (QED) is 0.786. The average molecular weight is 315 g/mol. The summed E-state index contributed by atoms with van der Waals surface area (Å²) in [6.45, 7) is 4.21. The predicted molar refractivity (Wildman–Crippen MR) is 84.1 cm³/mol. The van der Waals surface area contributed by atoms with Crippen molar-refractivity contribution < 1.29 is 12.6 Å². The fraction of sp³-hybridized carbons (Fsp3) is 0.235. The van der Waals surface area contributed by atoms with Crippen LogP contribution < -0.4 is 4.18 Å². The summed E-state index contributed by atoms with van der Waals surface area (Å²) in [5, 5.41) is 8.84. The lowest BCUT2D eigenvalue weighted by atomic mass is 9.99. The fourth-order valence-electron chi connectivity index (χ4n) is 1.98. The van der Waals surface area contributed by atoms with E-state index in [4.69, 9.17) is 9.44 Å². The zero-order chi connectivity index (χ0) is 16.2. The molecule has 22 heavy (non-hydrogen) atoms. The Hall–Kier alpha value is -2.32. The summed E-state index contributed by atoms with van der Waals surface area (Å²) < 4.78 is 29.5. The van der Waals surface area contributed by atoms with Gasteiger partial charge in [0.25, 0.3) is 0 Å². The Morgan fingerprint density at radius 3 is 2.45 bits per heavy atom. The minimum atomic E-state index is -3.94. The molecule has 0 aliphatic carbocycles. The lowest BCUT2D eigenvalue weighted by Crippen LogP contribution is -2.10. The van der Waals surface area contributed by atoms with E-state index >= 15 is 0 Å². The number of benzene rings is 2. The van der Waals surface area contributed by atoms with E-state index in [2.05, 4.69) is 13.8 Å². The van der Waals surface area contributed by atoms with E-state index in [1.165, 1.54) is 18.2 Å². The van der Waals surface area contributed by atoms with Crippen molar-refractivity contribution in [3.05, 3.63) is 59.7 Å². The van der Waals surface area contributed by atoms with Crippen molar-refractivity contribution in [2.24, 2.45) is 0 Å². The normalized spacial score (nSPS) is 12.4. The first-order valence-corrected chi connectivity index (χ1v) is 8.41. The summed E-state index contributed by atoms with van der Waals surface area (Å²) >= 11 is 0. The molecule has 0 unspecified atom stereocenters. The first kappa shape index (κ1) is 16.1. The topological polar surface area (TPSA) is 67.2 Å². The van der Waals surface area contributed by atoms with Crippen LogP contribution in [0.15, 0.2) is 53.4 Å². The molecule has 2 aromatic rings. The summed E-state index contributed by atoms with van der Waals surface area (Å²) in [5.74, 6) is 0.674. The lowest BCUT2D eigenvalue weighted by Gasteiger charge is -2.11. The average Bonchev–Trinajstić information content (AvgIpc) is 2.54. The molecular weight excluding hydrogens is 298 g/mol. The zero-order valence-electron chi connectivity index (χ0n) is 12.5. The largest absolute Gasteiger partial charge is 0.379 e. The third-order valence-corrected chi connectivity index (χ3v) is 4.76. The molecule has 5 heteroatoms. The summed E-state index contributed by atoms with van der Waals surface area (Å²) in [4.78, 5) is -0.0300. The number of hydrogen-bond donors (Lipinski definition) is 0. The number of nitriles is 1. The lowest BCUT2D eigenvalue weighted by molar-refractivity contribution is 0.486. The molecule has 0 radical (unpaired) electrons. The smallest absolute Gasteiger partial charge is 0.339 e. The van der Waals surface area contributed by atoms with Crippen LogP contribution in [0.4, 0.5) is 0 Å². The Bertz CT molecular complexity index is 789. The molecule has 0 aliphatic rings. The number of hydrogen-bond acceptors (Lipinski definition) is 4. The van der Waals surface area contributed by atoms with Crippen molar-refractivity contribution in [3.63, 3.8) is 0 Å². The van der Waals surface area contributed by atoms with Crippen LogP contribution in [0.3, 0.4) is 0 Å². The van der Waals surface area contributed by atoms with Crippen LogP contribution in [0.1, 0.15) is 37.3 Å². The van der Waals surface area contributed by atoms with E-state index in [1.807, 2.05) is 18.2 Å². The van der Waals surface area contributed by atoms with E-state index in [0.29, 0.717) is 5.92 Å². The fourth-order valence-corrected chi connectivity index (χ4v) is 2.96. The molecule has 0 heterocycles. The Labute approximate surface area is 131 Å². The van der Waals surface area contributed by atoms with Gasteiger partial charge in [-0.3, -0.25) is 0 Å². The maximum absolute atomic E-state index is 12.2. The monoisotopic (exact) mass is 315 g/mol. The van der Waals surface area contributed by atoms with Gasteiger partial charge in [0.2, 0.25) is 0 Å². The van der Waals surface area contributed by atoms with Crippen LogP contribution in [0.5, 0.6) is 5.75 Å². The molecule has 0 spiro atoms. The van der Waals surface area contributed by atoms with Crippen LogP contribution in [-0.4, -0.2) is 8.42 Å². The maximum Gasteiger partial charge on any atom is 0.339 e. The second-order valence-electron chi connectivity index (χ2n) is 5.06. The van der Waals surface area contributed by atoms with Gasteiger partial charge < -0.3 is 4.18 Å². The van der Waals surface area contributed by atoms with Crippen molar-refractivity contribution >= 4 is 10.1 Å². The van der Waals surface area contributed by atoms with Crippen LogP contribution in [0.25, 0.3) is 0 Å². The van der Waals surface area contributed by atoms with Gasteiger partial charge >= 0.3 is 10.1 Å². The van der Waals surface area contributed by atoms with Gasteiger partial charge in [-0.25, -0.2) is 0 Å². The molecule has 0 amide bonds. The highest BCUT2D eigenvalue weighted by atomic mass is 32.2. The molecule has 2 aromatic carbocycles. The van der Waals surface area contributed by atoms with Gasteiger partial charge in [-0.15, -0.1) is 0 Å². The third kappa shape index (κ3) is 3.66. The Morgan fingerprint density at radius 2 is 1.86 bits per heavy atom. The van der Waals surface area contributed by atoms with Gasteiger partial charge in [-0.05, 0) is 48.2 Å². The van der Waals surface area contributed by atoms with Crippen molar-refractivity contribution in [2.75, 3.05) is 0 Å². The molecular formula is C17H17NO3S. The second-order valence-corrected chi connectivity index (χ2v) is 6.60. The van der Waals surface area contributed by atoms with E-state index in [0.717, 1.165) is 12.0 Å². The first-order valence-electron chi connectivity index (χ1n) is 7.01. The summed E-state index contributed by atoms with van der Waals surface area (Å²) in [5.41, 5.74) is 1.41. The Morgan fingerprint density at radius 1 is 1.18 bits per heavy atom. The van der Waals surface area contributed by atoms with Crippen molar-refractivity contribution in [2.45, 2.75) is 31.1 Å². The highest BCUT2D eigenvalue weighted by Crippen LogP contribution is 2.24. The Balaban J connectivity index is 2.23. The van der Waals surface area contributed by atoms with Gasteiger partial charge in [0, 0.05) is 0 Å². The van der Waals surface area contributed by atoms with Crippen LogP contribution >= 0.6 is 0 Å². The molecule has 0 saturated carbocycles. The molecule has 0 bridgehead atoms. The number of nitrogens with zero attached hydrogens (tertiary/aromatic N) is 1. The second kappa shape index (κ2) is 6.63. The van der Waals surface area contributed by atoms with E-state index in [9.17, 15) is 8.42 Å². The van der Waals surface area contributed by atoms with E-state index in [-0.39, 0.29) is 16.2 Å². The summed E-state index contributed by atoms with van der Waals surface area (Å²) in [6.07, 6.45) is 1.01. The van der Waals surface area contributed by atoms with E-state index in [1.54, 1.807) is 18.2 Å². The molecule has 0 aromatic heterocycles. The summed E-state index contributed by atoms with van der Waals surface area (Å²) in [7, 11) is -3.94.